The van der Waals surface area contributed by atoms with Crippen LogP contribution in [0.2, 0.25) is 5.28 Å². The molecule has 8 aromatic rings. The van der Waals surface area contributed by atoms with Crippen LogP contribution in [0, 0.1) is 0 Å². The second-order valence-corrected chi connectivity index (χ2v) is 11.0. The first-order valence-electron chi connectivity index (χ1n) is 14.5. The van der Waals surface area contributed by atoms with Crippen LogP contribution in [-0.2, 0) is 0 Å². The Labute approximate surface area is 259 Å². The van der Waals surface area contributed by atoms with Gasteiger partial charge in [-0.15, -0.1) is 0 Å². The summed E-state index contributed by atoms with van der Waals surface area (Å²) in [6.07, 6.45) is 0. The first kappa shape index (κ1) is 26.1. The SMILES string of the molecule is Clc1nc(-c2ccc(-c3cccc(-c4ccccc4)c3)cc2)nc(-c2cccc(-n3c4ccccc4c4ccccc43)c2)n1. The molecule has 0 atom stereocenters. The fraction of sp³-hybridized carbons (Fsp3) is 0. The predicted molar refractivity (Wildman–Crippen MR) is 181 cm³/mol. The van der Waals surface area contributed by atoms with Crippen LogP contribution < -0.4 is 0 Å². The fourth-order valence-corrected chi connectivity index (χ4v) is 6.07. The molecule has 0 spiro atoms. The van der Waals surface area contributed by atoms with Gasteiger partial charge in [-0.05, 0) is 64.2 Å². The number of fused-ring (bicyclic) bond motifs is 3. The van der Waals surface area contributed by atoms with Gasteiger partial charge in [0.1, 0.15) is 0 Å². The number of nitrogens with zero attached hydrogens (tertiary/aromatic N) is 4. The Balaban J connectivity index is 1.15. The van der Waals surface area contributed by atoms with Crippen molar-refractivity contribution in [3.05, 3.63) is 157 Å². The zero-order chi connectivity index (χ0) is 29.5. The van der Waals surface area contributed by atoms with Crippen molar-refractivity contribution in [1.29, 1.82) is 0 Å². The van der Waals surface area contributed by atoms with Crippen molar-refractivity contribution in [2.24, 2.45) is 0 Å². The predicted octanol–water partition coefficient (Wildman–Crippen LogP) is 10.3. The van der Waals surface area contributed by atoms with Crippen LogP contribution in [0.3, 0.4) is 0 Å². The molecular formula is C39H25ClN4. The topological polar surface area (TPSA) is 43.6 Å². The second kappa shape index (κ2) is 10.9. The van der Waals surface area contributed by atoms with Gasteiger partial charge in [-0.2, -0.15) is 9.97 Å². The first-order chi connectivity index (χ1) is 21.7. The van der Waals surface area contributed by atoms with E-state index < -0.39 is 0 Å². The zero-order valence-corrected chi connectivity index (χ0v) is 24.4. The van der Waals surface area contributed by atoms with Crippen LogP contribution >= 0.6 is 11.6 Å². The van der Waals surface area contributed by atoms with E-state index in [-0.39, 0.29) is 5.28 Å². The molecule has 0 aliphatic rings. The molecule has 0 radical (unpaired) electrons. The van der Waals surface area contributed by atoms with Crippen LogP contribution in [0.25, 0.3) is 72.5 Å². The van der Waals surface area contributed by atoms with Crippen molar-refractivity contribution < 1.29 is 0 Å². The molecular weight excluding hydrogens is 560 g/mol. The number of hydrogen-bond acceptors (Lipinski definition) is 3. The fourth-order valence-electron chi connectivity index (χ4n) is 5.91. The highest BCUT2D eigenvalue weighted by Crippen LogP contribution is 2.33. The molecule has 0 aliphatic carbocycles. The Kier molecular flexibility index (Phi) is 6.47. The summed E-state index contributed by atoms with van der Waals surface area (Å²) in [4.78, 5) is 13.9. The Morgan fingerprint density at radius 1 is 0.386 bits per heavy atom. The summed E-state index contributed by atoms with van der Waals surface area (Å²) >= 11 is 6.48. The average Bonchev–Trinajstić information content (AvgIpc) is 3.43. The molecule has 2 aromatic heterocycles. The van der Waals surface area contributed by atoms with Crippen molar-refractivity contribution in [2.75, 3.05) is 0 Å². The van der Waals surface area contributed by atoms with Crippen molar-refractivity contribution >= 4 is 33.4 Å². The van der Waals surface area contributed by atoms with E-state index in [0.717, 1.165) is 39.0 Å². The third kappa shape index (κ3) is 4.72. The standard InChI is InChI=1S/C39H25ClN4/c40-39-42-37(28-22-20-27(21-23-28)30-13-8-12-29(24-30)26-10-2-1-3-11-26)41-38(43-39)31-14-9-15-32(25-31)44-35-18-6-4-16-33(35)34-17-5-7-19-36(34)44/h1-25H. The van der Waals surface area contributed by atoms with Gasteiger partial charge in [-0.25, -0.2) is 4.98 Å². The van der Waals surface area contributed by atoms with Gasteiger partial charge in [0.25, 0.3) is 0 Å². The summed E-state index contributed by atoms with van der Waals surface area (Å²) in [6.45, 7) is 0. The van der Waals surface area contributed by atoms with Gasteiger partial charge in [0.05, 0.1) is 11.0 Å². The third-order valence-electron chi connectivity index (χ3n) is 8.00. The number of benzene rings is 6. The Morgan fingerprint density at radius 3 is 1.57 bits per heavy atom. The number of halogens is 1. The van der Waals surface area contributed by atoms with E-state index in [1.165, 1.54) is 21.9 Å². The van der Waals surface area contributed by atoms with Crippen LogP contribution in [0.5, 0.6) is 0 Å². The van der Waals surface area contributed by atoms with Crippen LogP contribution in [0.4, 0.5) is 0 Å². The van der Waals surface area contributed by atoms with Gasteiger partial charge in [0.15, 0.2) is 11.6 Å². The molecule has 5 heteroatoms. The van der Waals surface area contributed by atoms with E-state index >= 15 is 0 Å². The summed E-state index contributed by atoms with van der Waals surface area (Å²) in [6, 6.07) is 52.5. The lowest BCUT2D eigenvalue weighted by Crippen LogP contribution is -1.99. The summed E-state index contributed by atoms with van der Waals surface area (Å²) in [5, 5.41) is 2.59. The maximum absolute atomic E-state index is 6.48. The molecule has 0 saturated carbocycles. The van der Waals surface area contributed by atoms with Gasteiger partial charge >= 0.3 is 0 Å². The molecule has 208 valence electrons. The maximum Gasteiger partial charge on any atom is 0.226 e. The molecule has 4 nitrogen and oxygen atoms in total. The smallest absolute Gasteiger partial charge is 0.226 e. The van der Waals surface area contributed by atoms with Crippen molar-refractivity contribution in [3.8, 4) is 50.7 Å². The lowest BCUT2D eigenvalue weighted by Gasteiger charge is -2.11. The van der Waals surface area contributed by atoms with E-state index in [1.807, 2.05) is 30.3 Å². The van der Waals surface area contributed by atoms with Crippen molar-refractivity contribution in [2.45, 2.75) is 0 Å². The average molecular weight is 585 g/mol. The highest BCUT2D eigenvalue weighted by Gasteiger charge is 2.14. The molecule has 0 unspecified atom stereocenters. The molecule has 0 saturated heterocycles. The minimum Gasteiger partial charge on any atom is -0.309 e. The molecule has 0 N–H and O–H groups in total. The summed E-state index contributed by atoms with van der Waals surface area (Å²) < 4.78 is 2.28. The lowest BCUT2D eigenvalue weighted by atomic mass is 9.98. The monoisotopic (exact) mass is 584 g/mol. The molecule has 8 rings (SSSR count). The molecule has 0 bridgehead atoms. The van der Waals surface area contributed by atoms with Gasteiger partial charge in [0.2, 0.25) is 5.28 Å². The van der Waals surface area contributed by atoms with Crippen molar-refractivity contribution in [1.82, 2.24) is 19.5 Å². The van der Waals surface area contributed by atoms with E-state index in [0.29, 0.717) is 11.6 Å². The molecule has 0 amide bonds. The molecule has 0 fully saturated rings. The largest absolute Gasteiger partial charge is 0.309 e. The van der Waals surface area contributed by atoms with Crippen LogP contribution in [0.15, 0.2) is 152 Å². The van der Waals surface area contributed by atoms with Gasteiger partial charge in [0, 0.05) is 27.6 Å². The number of rotatable bonds is 5. The molecule has 44 heavy (non-hydrogen) atoms. The molecule has 2 heterocycles. The highest BCUT2D eigenvalue weighted by atomic mass is 35.5. The maximum atomic E-state index is 6.48. The quantitative estimate of drug-likeness (QED) is 0.202. The number of para-hydroxylation sites is 2. The summed E-state index contributed by atoms with van der Waals surface area (Å²) in [7, 11) is 0. The summed E-state index contributed by atoms with van der Waals surface area (Å²) in [5.41, 5.74) is 9.70. The van der Waals surface area contributed by atoms with Gasteiger partial charge < -0.3 is 4.57 Å². The number of aromatic nitrogens is 4. The number of hydrogen-bond donors (Lipinski definition) is 0. The normalized spacial score (nSPS) is 11.3. The van der Waals surface area contributed by atoms with Gasteiger partial charge in [-0.1, -0.05) is 121 Å². The molecule has 6 aromatic carbocycles. The van der Waals surface area contributed by atoms with Crippen LogP contribution in [-0.4, -0.2) is 19.5 Å². The van der Waals surface area contributed by atoms with Gasteiger partial charge in [-0.3, -0.25) is 0 Å². The lowest BCUT2D eigenvalue weighted by molar-refractivity contribution is 1.06. The van der Waals surface area contributed by atoms with E-state index in [2.05, 4.69) is 136 Å². The third-order valence-corrected chi connectivity index (χ3v) is 8.17. The highest BCUT2D eigenvalue weighted by molar-refractivity contribution is 6.28. The minimum atomic E-state index is 0.159. The summed E-state index contributed by atoms with van der Waals surface area (Å²) in [5.74, 6) is 1.06. The Hall–Kier alpha value is -5.58. The Bertz CT molecular complexity index is 2240. The Morgan fingerprint density at radius 2 is 0.886 bits per heavy atom. The van der Waals surface area contributed by atoms with E-state index in [4.69, 9.17) is 16.6 Å². The second-order valence-electron chi connectivity index (χ2n) is 10.7. The van der Waals surface area contributed by atoms with E-state index in [1.54, 1.807) is 0 Å². The van der Waals surface area contributed by atoms with Crippen LogP contribution in [0.1, 0.15) is 0 Å². The zero-order valence-electron chi connectivity index (χ0n) is 23.6. The minimum absolute atomic E-state index is 0.159. The first-order valence-corrected chi connectivity index (χ1v) is 14.9. The van der Waals surface area contributed by atoms with E-state index in [9.17, 15) is 0 Å². The van der Waals surface area contributed by atoms with Crippen molar-refractivity contribution in [3.63, 3.8) is 0 Å². The molecule has 0 aliphatic heterocycles.